The first-order valence-corrected chi connectivity index (χ1v) is 7.20. The van der Waals surface area contributed by atoms with Crippen LogP contribution in [0, 0.1) is 0 Å². The summed E-state index contributed by atoms with van der Waals surface area (Å²) in [6.45, 7) is 3.15. The highest BCUT2D eigenvalue weighted by molar-refractivity contribution is 6.39. The summed E-state index contributed by atoms with van der Waals surface area (Å²) in [7, 11) is 0. The summed E-state index contributed by atoms with van der Waals surface area (Å²) in [5.41, 5.74) is 3.70. The number of fused-ring (bicyclic) bond motifs is 1. The SMILES string of the molecule is CCN(Cc1ccc2c(c1)OCO2)C(=O)C1=NNC(=O)CC1. The second-order valence-corrected chi connectivity index (χ2v) is 5.10. The maximum atomic E-state index is 12.5. The van der Waals surface area contributed by atoms with Gasteiger partial charge in [-0.3, -0.25) is 9.59 Å². The van der Waals surface area contributed by atoms with Gasteiger partial charge in [-0.1, -0.05) is 6.07 Å². The average molecular weight is 303 g/mol. The number of carbonyl (C=O) groups excluding carboxylic acids is 2. The molecular formula is C15H17N3O4. The number of hydrazone groups is 1. The second kappa shape index (κ2) is 6.05. The Morgan fingerprint density at radius 2 is 2.14 bits per heavy atom. The first kappa shape index (κ1) is 14.4. The molecule has 0 fully saturated rings. The van der Waals surface area contributed by atoms with Crippen molar-refractivity contribution in [2.24, 2.45) is 5.10 Å². The Hall–Kier alpha value is -2.57. The van der Waals surface area contributed by atoms with Crippen molar-refractivity contribution >= 4 is 17.5 Å². The number of amides is 2. The third-order valence-electron chi connectivity index (χ3n) is 3.63. The summed E-state index contributed by atoms with van der Waals surface area (Å²) >= 11 is 0. The molecule has 3 rings (SSSR count). The topological polar surface area (TPSA) is 80.2 Å². The highest BCUT2D eigenvalue weighted by Gasteiger charge is 2.23. The maximum Gasteiger partial charge on any atom is 0.270 e. The molecule has 0 saturated carbocycles. The van der Waals surface area contributed by atoms with E-state index in [4.69, 9.17) is 9.47 Å². The van der Waals surface area contributed by atoms with E-state index in [-0.39, 0.29) is 18.6 Å². The third kappa shape index (κ3) is 2.88. The molecule has 1 N–H and O–H groups in total. The van der Waals surface area contributed by atoms with E-state index in [2.05, 4.69) is 10.5 Å². The van der Waals surface area contributed by atoms with Gasteiger partial charge in [0.05, 0.1) is 0 Å². The summed E-state index contributed by atoms with van der Waals surface area (Å²) in [6.07, 6.45) is 0.675. The van der Waals surface area contributed by atoms with Crippen molar-refractivity contribution in [3.8, 4) is 11.5 Å². The van der Waals surface area contributed by atoms with Gasteiger partial charge in [0.15, 0.2) is 11.5 Å². The summed E-state index contributed by atoms with van der Waals surface area (Å²) in [5, 5.41) is 3.86. The Kier molecular flexibility index (Phi) is 3.95. The zero-order chi connectivity index (χ0) is 15.5. The molecule has 7 nitrogen and oxygen atoms in total. The minimum Gasteiger partial charge on any atom is -0.454 e. The van der Waals surface area contributed by atoms with Crippen LogP contribution in [0.25, 0.3) is 0 Å². The third-order valence-corrected chi connectivity index (χ3v) is 3.63. The number of hydrogen-bond acceptors (Lipinski definition) is 5. The fraction of sp³-hybridized carbons (Fsp3) is 0.400. The van der Waals surface area contributed by atoms with Crippen LogP contribution < -0.4 is 14.9 Å². The van der Waals surface area contributed by atoms with Gasteiger partial charge in [0.1, 0.15) is 5.71 Å². The van der Waals surface area contributed by atoms with E-state index in [9.17, 15) is 9.59 Å². The number of rotatable bonds is 4. The standard InChI is InChI=1S/C15H17N3O4/c1-2-18(15(20)11-4-6-14(19)17-16-11)8-10-3-5-12-13(7-10)22-9-21-12/h3,5,7H,2,4,6,8-9H2,1H3,(H,17,19). The molecule has 0 aliphatic carbocycles. The monoisotopic (exact) mass is 303 g/mol. The molecule has 0 bridgehead atoms. The van der Waals surface area contributed by atoms with E-state index in [0.29, 0.717) is 37.4 Å². The van der Waals surface area contributed by atoms with Gasteiger partial charge in [0, 0.05) is 25.9 Å². The van der Waals surface area contributed by atoms with Crippen molar-refractivity contribution in [3.63, 3.8) is 0 Å². The van der Waals surface area contributed by atoms with Crippen LogP contribution >= 0.6 is 0 Å². The van der Waals surface area contributed by atoms with Gasteiger partial charge in [0.25, 0.3) is 5.91 Å². The highest BCUT2D eigenvalue weighted by Crippen LogP contribution is 2.32. The van der Waals surface area contributed by atoms with Crippen LogP contribution in [0.4, 0.5) is 0 Å². The van der Waals surface area contributed by atoms with Crippen LogP contribution in [0.3, 0.4) is 0 Å². The lowest BCUT2D eigenvalue weighted by Crippen LogP contribution is -2.39. The van der Waals surface area contributed by atoms with Crippen LogP contribution in [0.1, 0.15) is 25.3 Å². The molecule has 2 aliphatic heterocycles. The molecule has 2 aliphatic rings. The normalized spacial score (nSPS) is 16.0. The smallest absolute Gasteiger partial charge is 0.270 e. The van der Waals surface area contributed by atoms with Gasteiger partial charge in [0.2, 0.25) is 12.7 Å². The van der Waals surface area contributed by atoms with E-state index in [0.717, 1.165) is 11.3 Å². The Labute approximate surface area is 127 Å². The molecular weight excluding hydrogens is 286 g/mol. The maximum absolute atomic E-state index is 12.5. The Morgan fingerprint density at radius 1 is 1.32 bits per heavy atom. The number of nitrogens with zero attached hydrogens (tertiary/aromatic N) is 2. The van der Waals surface area contributed by atoms with Crippen LogP contribution in [0.2, 0.25) is 0 Å². The van der Waals surface area contributed by atoms with E-state index < -0.39 is 0 Å². The number of carbonyl (C=O) groups is 2. The minimum atomic E-state index is -0.157. The van der Waals surface area contributed by atoms with E-state index in [1.54, 1.807) is 4.90 Å². The van der Waals surface area contributed by atoms with E-state index in [1.165, 1.54) is 0 Å². The van der Waals surface area contributed by atoms with Gasteiger partial charge in [-0.05, 0) is 24.6 Å². The Morgan fingerprint density at radius 3 is 2.86 bits per heavy atom. The molecule has 0 atom stereocenters. The lowest BCUT2D eigenvalue weighted by atomic mass is 10.1. The van der Waals surface area contributed by atoms with Crippen LogP contribution in [-0.4, -0.2) is 35.8 Å². The Balaban J connectivity index is 1.71. The molecule has 1 aromatic rings. The van der Waals surface area contributed by atoms with Crippen molar-refractivity contribution in [3.05, 3.63) is 23.8 Å². The fourth-order valence-corrected chi connectivity index (χ4v) is 2.40. The van der Waals surface area contributed by atoms with Crippen LogP contribution in [0.5, 0.6) is 11.5 Å². The van der Waals surface area contributed by atoms with Crippen molar-refractivity contribution in [2.75, 3.05) is 13.3 Å². The zero-order valence-electron chi connectivity index (χ0n) is 12.3. The average Bonchev–Trinajstić information content (AvgIpc) is 3.00. The van der Waals surface area contributed by atoms with Crippen LogP contribution in [0.15, 0.2) is 23.3 Å². The van der Waals surface area contributed by atoms with Crippen molar-refractivity contribution in [1.82, 2.24) is 10.3 Å². The quantitative estimate of drug-likeness (QED) is 0.901. The fourth-order valence-electron chi connectivity index (χ4n) is 2.40. The molecule has 2 amide bonds. The lowest BCUT2D eigenvalue weighted by Gasteiger charge is -2.23. The van der Waals surface area contributed by atoms with Gasteiger partial charge in [-0.15, -0.1) is 0 Å². The number of benzene rings is 1. The molecule has 22 heavy (non-hydrogen) atoms. The summed E-state index contributed by atoms with van der Waals surface area (Å²) in [5.74, 6) is 1.11. The second-order valence-electron chi connectivity index (χ2n) is 5.10. The number of nitrogens with one attached hydrogen (secondary N) is 1. The molecule has 1 aromatic carbocycles. The van der Waals surface area contributed by atoms with Gasteiger partial charge in [-0.25, -0.2) is 5.43 Å². The molecule has 0 aromatic heterocycles. The predicted octanol–water partition coefficient (Wildman–Crippen LogP) is 1.03. The van der Waals surface area contributed by atoms with E-state index in [1.807, 2.05) is 25.1 Å². The molecule has 0 saturated heterocycles. The van der Waals surface area contributed by atoms with Crippen molar-refractivity contribution in [2.45, 2.75) is 26.3 Å². The largest absolute Gasteiger partial charge is 0.454 e. The summed E-state index contributed by atoms with van der Waals surface area (Å²) < 4.78 is 10.6. The Bertz CT molecular complexity index is 642. The number of ether oxygens (including phenoxy) is 2. The molecule has 0 spiro atoms. The molecule has 2 heterocycles. The molecule has 116 valence electrons. The van der Waals surface area contributed by atoms with Crippen molar-refractivity contribution < 1.29 is 19.1 Å². The van der Waals surface area contributed by atoms with E-state index >= 15 is 0 Å². The first-order chi connectivity index (χ1) is 10.7. The highest BCUT2D eigenvalue weighted by atomic mass is 16.7. The summed E-state index contributed by atoms with van der Waals surface area (Å²) in [6, 6.07) is 5.63. The van der Waals surface area contributed by atoms with Crippen molar-refractivity contribution in [1.29, 1.82) is 0 Å². The molecule has 0 unspecified atom stereocenters. The van der Waals surface area contributed by atoms with Crippen LogP contribution in [-0.2, 0) is 16.1 Å². The number of hydrogen-bond donors (Lipinski definition) is 1. The summed E-state index contributed by atoms with van der Waals surface area (Å²) in [4.78, 5) is 25.3. The lowest BCUT2D eigenvalue weighted by molar-refractivity contribution is -0.125. The van der Waals surface area contributed by atoms with Gasteiger partial charge in [-0.2, -0.15) is 5.10 Å². The molecule has 7 heteroatoms. The first-order valence-electron chi connectivity index (χ1n) is 7.20. The van der Waals surface area contributed by atoms with Gasteiger partial charge >= 0.3 is 0 Å². The molecule has 0 radical (unpaired) electrons. The predicted molar refractivity (Wildman–Crippen MR) is 78.5 cm³/mol. The van der Waals surface area contributed by atoms with Gasteiger partial charge < -0.3 is 14.4 Å². The zero-order valence-corrected chi connectivity index (χ0v) is 12.3. The minimum absolute atomic E-state index is 0.153.